The van der Waals surface area contributed by atoms with E-state index in [1.165, 1.54) is 46.0 Å². The SMILES string of the molecule is CC(C)(C)OC(=O)N1CCc2ccc3ccn(CCOc4cccc5c4CCCC5(C)C)c3c2CC1. The molecule has 0 saturated carbocycles. The number of carbonyl (C=O) groups excluding carboxylic acids is 1. The lowest BCUT2D eigenvalue weighted by molar-refractivity contribution is 0.0258. The zero-order valence-electron chi connectivity index (χ0n) is 22.5. The van der Waals surface area contributed by atoms with E-state index < -0.39 is 5.60 Å². The topological polar surface area (TPSA) is 43.7 Å². The molecule has 0 radical (unpaired) electrons. The monoisotopic (exact) mass is 488 g/mol. The number of ether oxygens (including phenoxy) is 2. The molecule has 1 aromatic heterocycles. The Morgan fingerprint density at radius 2 is 1.81 bits per heavy atom. The fourth-order valence-corrected chi connectivity index (χ4v) is 5.93. The van der Waals surface area contributed by atoms with Crippen molar-refractivity contribution in [2.24, 2.45) is 0 Å². The maximum Gasteiger partial charge on any atom is 0.410 e. The highest BCUT2D eigenvalue weighted by Gasteiger charge is 2.29. The van der Waals surface area contributed by atoms with E-state index in [1.54, 1.807) is 0 Å². The number of hydrogen-bond donors (Lipinski definition) is 0. The van der Waals surface area contributed by atoms with Crippen LogP contribution < -0.4 is 4.74 Å². The van der Waals surface area contributed by atoms with Crippen LogP contribution in [0.5, 0.6) is 5.75 Å². The number of nitrogens with zero attached hydrogens (tertiary/aromatic N) is 2. The fraction of sp³-hybridized carbons (Fsp3) is 0.516. The predicted molar refractivity (Wildman–Crippen MR) is 145 cm³/mol. The van der Waals surface area contributed by atoms with Crippen LogP contribution in [-0.4, -0.2) is 40.9 Å². The number of fused-ring (bicyclic) bond motifs is 4. The van der Waals surface area contributed by atoms with Gasteiger partial charge in [0.05, 0.1) is 12.1 Å². The highest BCUT2D eigenvalue weighted by Crippen LogP contribution is 2.40. The van der Waals surface area contributed by atoms with Gasteiger partial charge in [-0.15, -0.1) is 0 Å². The van der Waals surface area contributed by atoms with Crippen LogP contribution in [0.25, 0.3) is 10.9 Å². The first-order chi connectivity index (χ1) is 17.1. The molecule has 5 heteroatoms. The maximum absolute atomic E-state index is 12.7. The van der Waals surface area contributed by atoms with E-state index in [9.17, 15) is 4.79 Å². The van der Waals surface area contributed by atoms with Gasteiger partial charge in [-0.3, -0.25) is 0 Å². The Hall–Kier alpha value is -2.95. The van der Waals surface area contributed by atoms with E-state index in [-0.39, 0.29) is 11.5 Å². The summed E-state index contributed by atoms with van der Waals surface area (Å²) in [6, 6.07) is 13.2. The minimum Gasteiger partial charge on any atom is -0.491 e. The normalized spacial score (nSPS) is 17.3. The molecule has 5 nitrogen and oxygen atoms in total. The Morgan fingerprint density at radius 3 is 2.61 bits per heavy atom. The summed E-state index contributed by atoms with van der Waals surface area (Å²) in [4.78, 5) is 14.6. The molecule has 0 spiro atoms. The Labute approximate surface area is 215 Å². The molecule has 5 rings (SSSR count). The molecular weight excluding hydrogens is 448 g/mol. The van der Waals surface area contributed by atoms with Crippen molar-refractivity contribution in [3.8, 4) is 5.75 Å². The van der Waals surface area contributed by atoms with Gasteiger partial charge in [0.15, 0.2) is 0 Å². The third-order valence-corrected chi connectivity index (χ3v) is 7.75. The summed E-state index contributed by atoms with van der Waals surface area (Å²) >= 11 is 0. The van der Waals surface area contributed by atoms with Gasteiger partial charge in [-0.05, 0) is 98.1 Å². The van der Waals surface area contributed by atoms with Crippen LogP contribution in [0.2, 0.25) is 0 Å². The number of benzene rings is 2. The Balaban J connectivity index is 1.32. The Bertz CT molecular complexity index is 1260. The number of rotatable bonds is 4. The largest absolute Gasteiger partial charge is 0.491 e. The van der Waals surface area contributed by atoms with Gasteiger partial charge in [0, 0.05) is 19.3 Å². The van der Waals surface area contributed by atoms with Gasteiger partial charge in [0.25, 0.3) is 0 Å². The minimum atomic E-state index is -0.480. The van der Waals surface area contributed by atoms with Crippen molar-refractivity contribution in [2.45, 2.75) is 84.3 Å². The third kappa shape index (κ3) is 4.98. The molecule has 0 fully saturated rings. The zero-order valence-corrected chi connectivity index (χ0v) is 22.5. The highest BCUT2D eigenvalue weighted by atomic mass is 16.6. The van der Waals surface area contributed by atoms with Crippen molar-refractivity contribution in [3.05, 3.63) is 64.8 Å². The summed E-state index contributed by atoms with van der Waals surface area (Å²) < 4.78 is 14.4. The molecule has 36 heavy (non-hydrogen) atoms. The van der Waals surface area contributed by atoms with Crippen molar-refractivity contribution in [1.82, 2.24) is 9.47 Å². The van der Waals surface area contributed by atoms with E-state index in [1.807, 2.05) is 25.7 Å². The lowest BCUT2D eigenvalue weighted by Crippen LogP contribution is -2.38. The lowest BCUT2D eigenvalue weighted by atomic mass is 9.72. The van der Waals surface area contributed by atoms with Gasteiger partial charge in [0.2, 0.25) is 0 Å². The first-order valence-corrected chi connectivity index (χ1v) is 13.5. The second-order valence-corrected chi connectivity index (χ2v) is 12.0. The molecule has 192 valence electrons. The molecule has 0 bridgehead atoms. The molecule has 2 aliphatic rings. The summed E-state index contributed by atoms with van der Waals surface area (Å²) in [5.41, 5.74) is 6.52. The predicted octanol–water partition coefficient (Wildman–Crippen LogP) is 6.67. The minimum absolute atomic E-state index is 0.217. The van der Waals surface area contributed by atoms with E-state index >= 15 is 0 Å². The zero-order chi connectivity index (χ0) is 25.5. The van der Waals surface area contributed by atoms with Crippen LogP contribution in [0.15, 0.2) is 42.6 Å². The third-order valence-electron chi connectivity index (χ3n) is 7.75. The molecule has 0 atom stereocenters. The van der Waals surface area contributed by atoms with Gasteiger partial charge in [-0.1, -0.05) is 38.1 Å². The van der Waals surface area contributed by atoms with Crippen molar-refractivity contribution in [3.63, 3.8) is 0 Å². The average molecular weight is 489 g/mol. The number of hydrogen-bond acceptors (Lipinski definition) is 3. The first-order valence-electron chi connectivity index (χ1n) is 13.5. The van der Waals surface area contributed by atoms with E-state index in [2.05, 4.69) is 61.0 Å². The van der Waals surface area contributed by atoms with E-state index in [0.29, 0.717) is 19.7 Å². The summed E-state index contributed by atoms with van der Waals surface area (Å²) in [7, 11) is 0. The van der Waals surface area contributed by atoms with Gasteiger partial charge < -0.3 is 18.9 Å². The second-order valence-electron chi connectivity index (χ2n) is 12.0. The van der Waals surface area contributed by atoms with Crippen molar-refractivity contribution < 1.29 is 14.3 Å². The van der Waals surface area contributed by atoms with Gasteiger partial charge in [-0.25, -0.2) is 4.79 Å². The summed E-state index contributed by atoms with van der Waals surface area (Å²) in [5, 5.41) is 1.25. The molecule has 1 aliphatic carbocycles. The molecule has 2 heterocycles. The number of carbonyl (C=O) groups is 1. The molecular formula is C31H40N2O3. The summed E-state index contributed by atoms with van der Waals surface area (Å²) in [5.74, 6) is 1.04. The summed E-state index contributed by atoms with van der Waals surface area (Å²) in [6.07, 6.45) is 7.18. The molecule has 1 aliphatic heterocycles. The number of aromatic nitrogens is 1. The smallest absolute Gasteiger partial charge is 0.410 e. The molecule has 0 saturated heterocycles. The lowest BCUT2D eigenvalue weighted by Gasteiger charge is -2.33. The van der Waals surface area contributed by atoms with Crippen molar-refractivity contribution in [2.75, 3.05) is 19.7 Å². The molecule has 3 aromatic rings. The van der Waals surface area contributed by atoms with Crippen LogP contribution in [0.4, 0.5) is 4.79 Å². The van der Waals surface area contributed by atoms with Crippen LogP contribution in [0.1, 0.15) is 69.7 Å². The standard InChI is InChI=1S/C31H40N2O3/c1-30(2,3)36-29(34)33-18-13-22-11-12-23-14-17-32(28(23)24(22)15-19-33)20-21-35-27-10-6-9-26-25(27)8-7-16-31(26,4)5/h6,9-12,14,17H,7-8,13,15-16,18-21H2,1-5H3. The van der Waals surface area contributed by atoms with Crippen molar-refractivity contribution in [1.29, 1.82) is 0 Å². The molecule has 2 aromatic carbocycles. The molecule has 0 unspecified atom stereocenters. The van der Waals surface area contributed by atoms with E-state index in [4.69, 9.17) is 9.47 Å². The van der Waals surface area contributed by atoms with Gasteiger partial charge >= 0.3 is 6.09 Å². The summed E-state index contributed by atoms with van der Waals surface area (Å²) in [6.45, 7) is 13.2. The molecule has 0 N–H and O–H groups in total. The highest BCUT2D eigenvalue weighted by molar-refractivity contribution is 5.85. The Kier molecular flexibility index (Phi) is 6.52. The Morgan fingerprint density at radius 1 is 1.00 bits per heavy atom. The van der Waals surface area contributed by atoms with Crippen LogP contribution in [0.3, 0.4) is 0 Å². The first kappa shape index (κ1) is 24.7. The second kappa shape index (κ2) is 9.49. The van der Waals surface area contributed by atoms with Crippen LogP contribution in [-0.2, 0) is 36.0 Å². The quantitative estimate of drug-likeness (QED) is 0.412. The fourth-order valence-electron chi connectivity index (χ4n) is 5.93. The molecule has 1 amide bonds. The van der Waals surface area contributed by atoms with Gasteiger partial charge in [-0.2, -0.15) is 0 Å². The van der Waals surface area contributed by atoms with Crippen molar-refractivity contribution >= 4 is 17.0 Å². The maximum atomic E-state index is 12.7. The van der Waals surface area contributed by atoms with E-state index in [0.717, 1.165) is 31.6 Å². The van der Waals surface area contributed by atoms with Crippen LogP contribution in [0, 0.1) is 0 Å². The average Bonchev–Trinajstić information content (AvgIpc) is 3.09. The van der Waals surface area contributed by atoms with Gasteiger partial charge in [0.1, 0.15) is 18.0 Å². The van der Waals surface area contributed by atoms with Crippen LogP contribution >= 0.6 is 0 Å². The number of amides is 1.